The zero-order chi connectivity index (χ0) is 15.9. The molecule has 1 aromatic carbocycles. The van der Waals surface area contributed by atoms with E-state index in [1.54, 1.807) is 6.07 Å². The number of nitrogens with one attached hydrogen (secondary N) is 1. The highest BCUT2D eigenvalue weighted by atomic mass is 19.4. The van der Waals surface area contributed by atoms with E-state index in [2.05, 4.69) is 26.1 Å². The van der Waals surface area contributed by atoms with Crippen LogP contribution in [0, 0.1) is 5.92 Å². The molecule has 0 radical (unpaired) electrons. The largest absolute Gasteiger partial charge is 0.416 e. The molecule has 2 atom stereocenters. The monoisotopic (exact) mass is 301 g/mol. The molecule has 0 bridgehead atoms. The Morgan fingerprint density at radius 2 is 1.90 bits per heavy atom. The Hall–Kier alpha value is -1.03. The van der Waals surface area contributed by atoms with E-state index in [9.17, 15) is 13.2 Å². The van der Waals surface area contributed by atoms with Gasteiger partial charge in [-0.25, -0.2) is 0 Å². The molecule has 1 nitrogen and oxygen atoms in total. The minimum Gasteiger partial charge on any atom is -0.314 e. The lowest BCUT2D eigenvalue weighted by atomic mass is 9.94. The second-order valence-corrected chi connectivity index (χ2v) is 5.80. The summed E-state index contributed by atoms with van der Waals surface area (Å²) in [6, 6.07) is 5.93. The fourth-order valence-corrected chi connectivity index (χ4v) is 2.40. The van der Waals surface area contributed by atoms with Crippen LogP contribution in [-0.2, 0) is 12.6 Å². The molecule has 4 heteroatoms. The number of alkyl halides is 3. The van der Waals surface area contributed by atoms with E-state index in [1.165, 1.54) is 12.1 Å². The van der Waals surface area contributed by atoms with Crippen LogP contribution in [0.15, 0.2) is 24.3 Å². The zero-order valence-corrected chi connectivity index (χ0v) is 13.1. The Morgan fingerprint density at radius 3 is 2.48 bits per heavy atom. The van der Waals surface area contributed by atoms with E-state index in [1.807, 2.05) is 0 Å². The SMILES string of the molecule is CCCNC(Cc1cccc(C(F)(F)F)c1)CC(C)CC. The van der Waals surface area contributed by atoms with Crippen molar-refractivity contribution < 1.29 is 13.2 Å². The van der Waals surface area contributed by atoms with Gasteiger partial charge in [-0.3, -0.25) is 0 Å². The molecular formula is C17H26F3N. The highest BCUT2D eigenvalue weighted by molar-refractivity contribution is 5.26. The average molecular weight is 301 g/mol. The molecule has 0 aromatic heterocycles. The number of benzene rings is 1. The summed E-state index contributed by atoms with van der Waals surface area (Å²) in [5.74, 6) is 0.574. The summed E-state index contributed by atoms with van der Waals surface area (Å²) in [6.07, 6.45) is -0.507. The van der Waals surface area contributed by atoms with Crippen molar-refractivity contribution in [2.24, 2.45) is 5.92 Å². The summed E-state index contributed by atoms with van der Waals surface area (Å²) in [4.78, 5) is 0. The third-order valence-corrected chi connectivity index (χ3v) is 3.80. The van der Waals surface area contributed by atoms with Crippen LogP contribution in [0.5, 0.6) is 0 Å². The summed E-state index contributed by atoms with van der Waals surface area (Å²) < 4.78 is 38.3. The van der Waals surface area contributed by atoms with Gasteiger partial charge in [-0.1, -0.05) is 45.4 Å². The summed E-state index contributed by atoms with van der Waals surface area (Å²) in [6.45, 7) is 7.33. The third-order valence-electron chi connectivity index (χ3n) is 3.80. The van der Waals surface area contributed by atoms with Crippen molar-refractivity contribution in [2.75, 3.05) is 6.54 Å². The molecule has 1 rings (SSSR count). The van der Waals surface area contributed by atoms with Crippen molar-refractivity contribution in [3.05, 3.63) is 35.4 Å². The van der Waals surface area contributed by atoms with E-state index in [-0.39, 0.29) is 6.04 Å². The fourth-order valence-electron chi connectivity index (χ4n) is 2.40. The lowest BCUT2D eigenvalue weighted by Crippen LogP contribution is -2.33. The molecule has 1 aromatic rings. The smallest absolute Gasteiger partial charge is 0.314 e. The van der Waals surface area contributed by atoms with E-state index in [0.717, 1.165) is 37.4 Å². The van der Waals surface area contributed by atoms with E-state index < -0.39 is 11.7 Å². The van der Waals surface area contributed by atoms with E-state index >= 15 is 0 Å². The van der Waals surface area contributed by atoms with Crippen LogP contribution in [0.1, 0.15) is 51.2 Å². The summed E-state index contributed by atoms with van der Waals surface area (Å²) in [7, 11) is 0. The first-order valence-electron chi connectivity index (χ1n) is 7.76. The fraction of sp³-hybridized carbons (Fsp3) is 0.647. The number of hydrogen-bond donors (Lipinski definition) is 1. The van der Waals surface area contributed by atoms with Crippen LogP contribution in [0.25, 0.3) is 0 Å². The maximum absolute atomic E-state index is 12.8. The van der Waals surface area contributed by atoms with Crippen LogP contribution in [-0.4, -0.2) is 12.6 Å². The first kappa shape index (κ1) is 18.0. The molecule has 0 aliphatic carbocycles. The third kappa shape index (κ3) is 6.51. The van der Waals surface area contributed by atoms with Crippen molar-refractivity contribution in [3.8, 4) is 0 Å². The van der Waals surface area contributed by atoms with Gasteiger partial charge in [-0.2, -0.15) is 13.2 Å². The van der Waals surface area contributed by atoms with Crippen molar-refractivity contribution >= 4 is 0 Å². The molecule has 0 fully saturated rings. The van der Waals surface area contributed by atoms with Gasteiger partial charge in [-0.15, -0.1) is 0 Å². The lowest BCUT2D eigenvalue weighted by molar-refractivity contribution is -0.137. The molecule has 0 heterocycles. The molecule has 0 spiro atoms. The summed E-state index contributed by atoms with van der Waals surface area (Å²) >= 11 is 0. The maximum atomic E-state index is 12.8. The van der Waals surface area contributed by atoms with Crippen LogP contribution in [0.2, 0.25) is 0 Å². The predicted octanol–water partition coefficient (Wildman–Crippen LogP) is 5.05. The van der Waals surface area contributed by atoms with Crippen LogP contribution in [0.3, 0.4) is 0 Å². The number of rotatable bonds is 8. The number of hydrogen-bond acceptors (Lipinski definition) is 1. The molecule has 1 N–H and O–H groups in total. The Labute approximate surface area is 125 Å². The molecule has 2 unspecified atom stereocenters. The minimum atomic E-state index is -4.26. The first-order chi connectivity index (χ1) is 9.86. The average Bonchev–Trinajstić information content (AvgIpc) is 2.44. The van der Waals surface area contributed by atoms with E-state index in [0.29, 0.717) is 12.3 Å². The van der Waals surface area contributed by atoms with Crippen LogP contribution in [0.4, 0.5) is 13.2 Å². The molecule has 0 saturated carbocycles. The number of halogens is 3. The van der Waals surface area contributed by atoms with Crippen molar-refractivity contribution in [1.82, 2.24) is 5.32 Å². The highest BCUT2D eigenvalue weighted by Gasteiger charge is 2.30. The summed E-state index contributed by atoms with van der Waals surface area (Å²) in [5.41, 5.74) is 0.194. The normalized spacial score (nSPS) is 15.0. The van der Waals surface area contributed by atoms with Gasteiger partial charge >= 0.3 is 6.18 Å². The quantitative estimate of drug-likeness (QED) is 0.708. The van der Waals surface area contributed by atoms with Gasteiger partial charge < -0.3 is 5.32 Å². The van der Waals surface area contributed by atoms with Gasteiger partial charge in [0.05, 0.1) is 5.56 Å². The van der Waals surface area contributed by atoms with Gasteiger partial charge in [0, 0.05) is 6.04 Å². The Bertz CT molecular complexity index is 415. The van der Waals surface area contributed by atoms with Crippen molar-refractivity contribution in [1.29, 1.82) is 0 Å². The van der Waals surface area contributed by atoms with Crippen molar-refractivity contribution in [2.45, 2.75) is 58.7 Å². The standard InChI is InChI=1S/C17H26F3N/c1-4-9-21-16(10-13(3)5-2)12-14-7-6-8-15(11-14)17(18,19)20/h6-8,11,13,16,21H,4-5,9-10,12H2,1-3H3. The Kier molecular flexibility index (Phi) is 7.23. The molecule has 0 aliphatic rings. The first-order valence-corrected chi connectivity index (χ1v) is 7.76. The van der Waals surface area contributed by atoms with Gasteiger partial charge in [0.25, 0.3) is 0 Å². The van der Waals surface area contributed by atoms with Gasteiger partial charge in [0.1, 0.15) is 0 Å². The maximum Gasteiger partial charge on any atom is 0.416 e. The minimum absolute atomic E-state index is 0.239. The molecular weight excluding hydrogens is 275 g/mol. The second kappa shape index (κ2) is 8.42. The molecule has 0 saturated heterocycles. The zero-order valence-electron chi connectivity index (χ0n) is 13.1. The second-order valence-electron chi connectivity index (χ2n) is 5.80. The predicted molar refractivity (Wildman–Crippen MR) is 81.3 cm³/mol. The Morgan fingerprint density at radius 1 is 1.19 bits per heavy atom. The molecule has 21 heavy (non-hydrogen) atoms. The highest BCUT2D eigenvalue weighted by Crippen LogP contribution is 2.30. The summed E-state index contributed by atoms with van der Waals surface area (Å²) in [5, 5.41) is 3.46. The topological polar surface area (TPSA) is 12.0 Å². The van der Waals surface area contributed by atoms with Crippen LogP contribution >= 0.6 is 0 Å². The van der Waals surface area contributed by atoms with Crippen molar-refractivity contribution in [3.63, 3.8) is 0 Å². The van der Waals surface area contributed by atoms with Gasteiger partial charge in [0.15, 0.2) is 0 Å². The van der Waals surface area contributed by atoms with E-state index in [4.69, 9.17) is 0 Å². The van der Waals surface area contributed by atoms with Crippen LogP contribution < -0.4 is 5.32 Å². The lowest BCUT2D eigenvalue weighted by Gasteiger charge is -2.22. The van der Waals surface area contributed by atoms with Gasteiger partial charge in [0.2, 0.25) is 0 Å². The van der Waals surface area contributed by atoms with Gasteiger partial charge in [-0.05, 0) is 43.4 Å². The Balaban J connectivity index is 2.77. The molecule has 0 amide bonds. The molecule has 120 valence electrons. The molecule has 0 aliphatic heterocycles.